The van der Waals surface area contributed by atoms with E-state index in [1.807, 2.05) is 0 Å². The Labute approximate surface area is 137 Å². The van der Waals surface area contributed by atoms with Crippen molar-refractivity contribution < 1.29 is 31.1 Å². The zero-order chi connectivity index (χ0) is 18.1. The molecule has 128 valence electrons. The van der Waals surface area contributed by atoms with Gasteiger partial charge in [-0.15, -0.1) is 0 Å². The van der Waals surface area contributed by atoms with Crippen LogP contribution in [0.2, 0.25) is 5.02 Å². The summed E-state index contributed by atoms with van der Waals surface area (Å²) in [5.74, 6) is -1.01. The lowest BCUT2D eigenvalue weighted by Gasteiger charge is -2.12. The van der Waals surface area contributed by atoms with E-state index in [1.165, 1.54) is 0 Å². The van der Waals surface area contributed by atoms with Crippen LogP contribution in [-0.2, 0) is 12.4 Å². The Morgan fingerprint density at radius 1 is 0.875 bits per heavy atom. The van der Waals surface area contributed by atoms with Gasteiger partial charge in [0.05, 0.1) is 21.8 Å². The number of benzene rings is 2. The Morgan fingerprint density at radius 2 is 1.46 bits per heavy atom. The maximum Gasteiger partial charge on any atom is 0.416 e. The van der Waals surface area contributed by atoms with E-state index in [0.717, 1.165) is 30.3 Å². The molecule has 2 nitrogen and oxygen atoms in total. The summed E-state index contributed by atoms with van der Waals surface area (Å²) in [7, 11) is 0. The summed E-state index contributed by atoms with van der Waals surface area (Å²) >= 11 is 5.72. The van der Waals surface area contributed by atoms with Crippen molar-refractivity contribution in [3.05, 3.63) is 64.2 Å². The second-order valence-electron chi connectivity index (χ2n) is 4.73. The number of alkyl halides is 6. The summed E-state index contributed by atoms with van der Waals surface area (Å²) in [5.41, 5.74) is -2.82. The fourth-order valence-corrected chi connectivity index (χ4v) is 1.99. The Morgan fingerprint density at radius 3 is 2.04 bits per heavy atom. The number of carbonyl (C=O) groups is 1. The van der Waals surface area contributed by atoms with Gasteiger partial charge >= 0.3 is 12.4 Å². The Hall–Kier alpha value is -2.22. The lowest BCUT2D eigenvalue weighted by atomic mass is 10.1. The number of hydrogen-bond acceptors (Lipinski definition) is 1. The Kier molecular flexibility index (Phi) is 4.80. The third kappa shape index (κ3) is 4.19. The van der Waals surface area contributed by atoms with E-state index >= 15 is 0 Å². The summed E-state index contributed by atoms with van der Waals surface area (Å²) in [6.07, 6.45) is -9.30. The van der Waals surface area contributed by atoms with Crippen LogP contribution in [0.5, 0.6) is 0 Å². The Balaban J connectivity index is 2.30. The molecule has 0 saturated carbocycles. The predicted molar refractivity (Wildman–Crippen MR) is 75.9 cm³/mol. The van der Waals surface area contributed by atoms with Gasteiger partial charge in [0.2, 0.25) is 0 Å². The number of anilines is 1. The summed E-state index contributed by atoms with van der Waals surface area (Å²) in [6.45, 7) is 0. The van der Waals surface area contributed by atoms with Crippen LogP contribution < -0.4 is 5.32 Å². The molecular formula is C15H8ClF6NO. The van der Waals surface area contributed by atoms with Gasteiger partial charge < -0.3 is 5.32 Å². The van der Waals surface area contributed by atoms with Crippen LogP contribution in [0, 0.1) is 0 Å². The topological polar surface area (TPSA) is 29.1 Å². The van der Waals surface area contributed by atoms with Crippen molar-refractivity contribution >= 4 is 23.2 Å². The van der Waals surface area contributed by atoms with Crippen LogP contribution in [0.25, 0.3) is 0 Å². The van der Waals surface area contributed by atoms with E-state index in [1.54, 1.807) is 0 Å². The van der Waals surface area contributed by atoms with Gasteiger partial charge in [-0.05, 0) is 36.4 Å². The molecule has 0 aliphatic rings. The van der Waals surface area contributed by atoms with Crippen LogP contribution in [0.1, 0.15) is 21.5 Å². The first-order valence-corrected chi connectivity index (χ1v) is 6.71. The highest BCUT2D eigenvalue weighted by Crippen LogP contribution is 2.34. The third-order valence-corrected chi connectivity index (χ3v) is 3.32. The van der Waals surface area contributed by atoms with Gasteiger partial charge in [-0.25, -0.2) is 0 Å². The van der Waals surface area contributed by atoms with Gasteiger partial charge in [-0.2, -0.15) is 26.3 Å². The van der Waals surface area contributed by atoms with Crippen molar-refractivity contribution in [1.29, 1.82) is 0 Å². The number of hydrogen-bond donors (Lipinski definition) is 1. The summed E-state index contributed by atoms with van der Waals surface area (Å²) in [5, 5.41) is 1.90. The molecule has 0 atom stereocenters. The molecule has 24 heavy (non-hydrogen) atoms. The van der Waals surface area contributed by atoms with Crippen LogP contribution in [0.3, 0.4) is 0 Å². The van der Waals surface area contributed by atoms with Crippen molar-refractivity contribution in [3.8, 4) is 0 Å². The van der Waals surface area contributed by atoms with E-state index in [4.69, 9.17) is 11.6 Å². The van der Waals surface area contributed by atoms with E-state index in [9.17, 15) is 31.1 Å². The summed E-state index contributed by atoms with van der Waals surface area (Å²) in [4.78, 5) is 12.0. The minimum absolute atomic E-state index is 0.177. The zero-order valence-corrected chi connectivity index (χ0v) is 12.4. The highest BCUT2D eigenvalue weighted by Gasteiger charge is 2.32. The minimum Gasteiger partial charge on any atom is -0.321 e. The number of amides is 1. The predicted octanol–water partition coefficient (Wildman–Crippen LogP) is 5.63. The highest BCUT2D eigenvalue weighted by atomic mass is 35.5. The maximum atomic E-state index is 12.7. The third-order valence-electron chi connectivity index (χ3n) is 2.99. The van der Waals surface area contributed by atoms with Gasteiger partial charge in [-0.3, -0.25) is 4.79 Å². The maximum absolute atomic E-state index is 12.7. The van der Waals surface area contributed by atoms with Crippen molar-refractivity contribution in [3.63, 3.8) is 0 Å². The van der Waals surface area contributed by atoms with Gasteiger partial charge in [0.1, 0.15) is 0 Å². The monoisotopic (exact) mass is 367 g/mol. The quantitative estimate of drug-likeness (QED) is 0.685. The largest absolute Gasteiger partial charge is 0.416 e. The number of halogens is 7. The Bertz CT molecular complexity index is 769. The summed E-state index contributed by atoms with van der Waals surface area (Å²) in [6, 6.07) is 5.75. The molecule has 2 rings (SSSR count). The molecule has 0 radical (unpaired) electrons. The minimum atomic E-state index is -4.65. The van der Waals surface area contributed by atoms with E-state index < -0.39 is 29.4 Å². The van der Waals surface area contributed by atoms with Gasteiger partial charge in [0.15, 0.2) is 0 Å². The smallest absolute Gasteiger partial charge is 0.321 e. The zero-order valence-electron chi connectivity index (χ0n) is 11.6. The normalized spacial score (nSPS) is 12.1. The second kappa shape index (κ2) is 6.35. The number of nitrogens with one attached hydrogen (secondary N) is 1. The van der Waals surface area contributed by atoms with E-state index in [0.29, 0.717) is 12.1 Å². The van der Waals surface area contributed by atoms with Crippen molar-refractivity contribution in [2.75, 3.05) is 5.32 Å². The first kappa shape index (κ1) is 18.1. The van der Waals surface area contributed by atoms with Crippen molar-refractivity contribution in [2.45, 2.75) is 12.4 Å². The molecule has 0 fully saturated rings. The lowest BCUT2D eigenvalue weighted by molar-refractivity contribution is -0.138. The molecule has 1 N–H and O–H groups in total. The molecule has 0 saturated heterocycles. The van der Waals surface area contributed by atoms with Crippen LogP contribution in [0.15, 0.2) is 42.5 Å². The van der Waals surface area contributed by atoms with E-state index in [-0.39, 0.29) is 16.3 Å². The number of rotatable bonds is 2. The van der Waals surface area contributed by atoms with Crippen LogP contribution in [-0.4, -0.2) is 5.91 Å². The average molecular weight is 368 g/mol. The summed E-state index contributed by atoms with van der Waals surface area (Å²) < 4.78 is 75.9. The van der Waals surface area contributed by atoms with Crippen LogP contribution >= 0.6 is 11.6 Å². The molecule has 0 bridgehead atoms. The molecule has 2 aromatic carbocycles. The fraction of sp³-hybridized carbons (Fsp3) is 0.133. The average Bonchev–Trinajstić information content (AvgIpc) is 2.47. The van der Waals surface area contributed by atoms with Gasteiger partial charge in [-0.1, -0.05) is 17.7 Å². The van der Waals surface area contributed by atoms with Gasteiger partial charge in [0.25, 0.3) is 5.91 Å². The SMILES string of the molecule is O=C(Nc1cc(C(F)(F)F)ccc1Cl)c1cccc(C(F)(F)F)c1. The van der Waals surface area contributed by atoms with Crippen molar-refractivity contribution in [1.82, 2.24) is 0 Å². The standard InChI is InChI=1S/C15H8ClF6NO/c16-11-5-4-10(15(20,21)22)7-12(11)23-13(24)8-2-1-3-9(6-8)14(17,18)19/h1-7H,(H,23,24). The molecule has 1 amide bonds. The first-order valence-electron chi connectivity index (χ1n) is 6.34. The molecule has 0 aliphatic heterocycles. The van der Waals surface area contributed by atoms with E-state index in [2.05, 4.69) is 5.32 Å². The molecule has 0 unspecified atom stereocenters. The molecule has 0 spiro atoms. The molecular weight excluding hydrogens is 360 g/mol. The number of carbonyl (C=O) groups excluding carboxylic acids is 1. The van der Waals surface area contributed by atoms with Crippen molar-refractivity contribution in [2.24, 2.45) is 0 Å². The molecule has 0 aromatic heterocycles. The van der Waals surface area contributed by atoms with Gasteiger partial charge in [0, 0.05) is 5.56 Å². The molecule has 9 heteroatoms. The first-order chi connectivity index (χ1) is 11.0. The fourth-order valence-electron chi connectivity index (χ4n) is 1.83. The molecule has 0 heterocycles. The van der Waals surface area contributed by atoms with Crippen LogP contribution in [0.4, 0.5) is 32.0 Å². The second-order valence-corrected chi connectivity index (χ2v) is 5.13. The highest BCUT2D eigenvalue weighted by molar-refractivity contribution is 6.34. The molecule has 0 aliphatic carbocycles. The lowest BCUT2D eigenvalue weighted by Crippen LogP contribution is -2.15. The molecule has 2 aromatic rings.